The number of aromatic nitrogens is 3. The second-order valence-corrected chi connectivity index (χ2v) is 6.12. The summed E-state index contributed by atoms with van der Waals surface area (Å²) in [6.07, 6.45) is 3.17. The van der Waals surface area contributed by atoms with E-state index < -0.39 is 17.7 Å². The summed E-state index contributed by atoms with van der Waals surface area (Å²) in [5.74, 6) is -2.41. The zero-order valence-electron chi connectivity index (χ0n) is 13.3. The Morgan fingerprint density at radius 1 is 1.26 bits per heavy atom. The van der Waals surface area contributed by atoms with E-state index in [9.17, 15) is 19.1 Å². The zero-order chi connectivity index (χ0) is 19.6. The van der Waals surface area contributed by atoms with Crippen LogP contribution in [0.15, 0.2) is 47.2 Å². The minimum absolute atomic E-state index is 0.0366. The molecule has 2 N–H and O–H groups in total. The van der Waals surface area contributed by atoms with Crippen LogP contribution in [0, 0.1) is 17.1 Å². The molecular weight excluding hydrogens is 421 g/mol. The molecule has 10 heteroatoms. The number of carbonyl (C=O) groups is 2. The fourth-order valence-corrected chi connectivity index (χ4v) is 2.55. The van der Waals surface area contributed by atoms with E-state index in [2.05, 4.69) is 31.4 Å². The highest BCUT2D eigenvalue weighted by molar-refractivity contribution is 9.10. The van der Waals surface area contributed by atoms with E-state index in [0.29, 0.717) is 11.4 Å². The van der Waals surface area contributed by atoms with Gasteiger partial charge in [0.2, 0.25) is 0 Å². The fourth-order valence-electron chi connectivity index (χ4n) is 2.20. The van der Waals surface area contributed by atoms with Crippen LogP contribution >= 0.6 is 15.9 Å². The number of hydrogen-bond donors (Lipinski definition) is 2. The van der Waals surface area contributed by atoms with Crippen LogP contribution < -0.4 is 5.32 Å². The van der Waals surface area contributed by atoms with Gasteiger partial charge in [0.15, 0.2) is 11.5 Å². The topological polar surface area (TPSA) is 121 Å². The number of anilines is 1. The summed E-state index contributed by atoms with van der Waals surface area (Å²) in [4.78, 5) is 23.6. The number of halogens is 2. The zero-order valence-corrected chi connectivity index (χ0v) is 14.9. The van der Waals surface area contributed by atoms with Gasteiger partial charge in [-0.15, -0.1) is 10.2 Å². The summed E-state index contributed by atoms with van der Waals surface area (Å²) in [7, 11) is 0. The maximum atomic E-state index is 13.7. The Morgan fingerprint density at radius 3 is 2.63 bits per heavy atom. The number of rotatable bonds is 4. The molecule has 1 amide bonds. The van der Waals surface area contributed by atoms with Crippen molar-refractivity contribution in [3.05, 3.63) is 69.8 Å². The predicted molar refractivity (Wildman–Crippen MR) is 95.1 cm³/mol. The molecule has 0 aliphatic rings. The van der Waals surface area contributed by atoms with Gasteiger partial charge in [0.1, 0.15) is 11.9 Å². The molecule has 134 valence electrons. The lowest BCUT2D eigenvalue weighted by molar-refractivity contribution is 0.0698. The Morgan fingerprint density at radius 2 is 2.04 bits per heavy atom. The van der Waals surface area contributed by atoms with Crippen LogP contribution in [0.1, 0.15) is 26.4 Å². The van der Waals surface area contributed by atoms with Crippen LogP contribution in [-0.2, 0) is 0 Å². The lowest BCUT2D eigenvalue weighted by Gasteiger charge is -2.09. The number of carboxylic acids is 1. The molecule has 0 atom stereocenters. The van der Waals surface area contributed by atoms with Crippen LogP contribution in [-0.4, -0.2) is 31.7 Å². The van der Waals surface area contributed by atoms with Gasteiger partial charge in [0, 0.05) is 12.4 Å². The maximum Gasteiger partial charge on any atom is 0.337 e. The molecule has 8 nitrogen and oxygen atoms in total. The van der Waals surface area contributed by atoms with E-state index in [1.807, 2.05) is 6.07 Å². The van der Waals surface area contributed by atoms with Gasteiger partial charge < -0.3 is 15.0 Å². The molecule has 3 rings (SSSR count). The van der Waals surface area contributed by atoms with Crippen molar-refractivity contribution < 1.29 is 19.1 Å². The van der Waals surface area contributed by atoms with E-state index in [4.69, 9.17) is 5.26 Å². The fraction of sp³-hybridized carbons (Fsp3) is 0. The summed E-state index contributed by atoms with van der Waals surface area (Å²) >= 11 is 2.90. The minimum atomic E-state index is -1.33. The highest BCUT2D eigenvalue weighted by Crippen LogP contribution is 2.25. The average molecular weight is 430 g/mol. The molecule has 3 aromatic rings. The highest BCUT2D eigenvalue weighted by atomic mass is 79.9. The molecule has 2 aromatic heterocycles. The summed E-state index contributed by atoms with van der Waals surface area (Å²) in [6, 6.07) is 8.41. The third kappa shape index (κ3) is 3.83. The van der Waals surface area contributed by atoms with Crippen molar-refractivity contribution in [2.75, 3.05) is 5.32 Å². The van der Waals surface area contributed by atoms with Gasteiger partial charge in [0.25, 0.3) is 5.91 Å². The van der Waals surface area contributed by atoms with E-state index in [1.165, 1.54) is 12.1 Å². The molecule has 2 heterocycles. The number of nitriles is 1. The molecule has 0 saturated heterocycles. The first-order valence-corrected chi connectivity index (χ1v) is 8.14. The Hall–Kier alpha value is -3.58. The largest absolute Gasteiger partial charge is 0.478 e. The number of carboxylic acid groups (broad SMARTS) is 1. The molecule has 0 aliphatic carbocycles. The number of benzene rings is 1. The SMILES string of the molecule is N#Cc1ccn(-c2ccc(C(=O)Nc3cc(F)c(Br)cc3C(=O)O)nn2)c1. The van der Waals surface area contributed by atoms with E-state index >= 15 is 0 Å². The first-order chi connectivity index (χ1) is 12.9. The van der Waals surface area contributed by atoms with Crippen molar-refractivity contribution in [1.82, 2.24) is 14.8 Å². The summed E-state index contributed by atoms with van der Waals surface area (Å²) in [5, 5.41) is 28.0. The van der Waals surface area contributed by atoms with E-state index in [0.717, 1.165) is 12.1 Å². The van der Waals surface area contributed by atoms with Crippen LogP contribution in [0.5, 0.6) is 0 Å². The number of carbonyl (C=O) groups excluding carboxylic acids is 1. The average Bonchev–Trinajstić information content (AvgIpc) is 3.13. The molecule has 27 heavy (non-hydrogen) atoms. The Balaban J connectivity index is 1.84. The molecule has 1 aromatic carbocycles. The molecule has 0 bridgehead atoms. The lowest BCUT2D eigenvalue weighted by atomic mass is 10.1. The quantitative estimate of drug-likeness (QED) is 0.657. The smallest absolute Gasteiger partial charge is 0.337 e. The van der Waals surface area contributed by atoms with Crippen molar-refractivity contribution in [3.63, 3.8) is 0 Å². The molecule has 0 aliphatic heterocycles. The molecule has 0 unspecified atom stereocenters. The molecule has 0 saturated carbocycles. The van der Waals surface area contributed by atoms with Crippen molar-refractivity contribution in [2.45, 2.75) is 0 Å². The van der Waals surface area contributed by atoms with Gasteiger partial charge in [-0.2, -0.15) is 5.26 Å². The van der Waals surface area contributed by atoms with E-state index in [-0.39, 0.29) is 21.4 Å². The standard InChI is InChI=1S/C17H9BrFN5O3/c18-11-5-10(17(26)27)14(6-12(11)19)21-16(25)13-1-2-15(23-22-13)24-4-3-9(7-20)8-24/h1-6,8H,(H,21,25)(H,26,27). The predicted octanol–water partition coefficient (Wildman–Crippen LogP) is 2.99. The number of amides is 1. The number of aromatic carboxylic acids is 1. The lowest BCUT2D eigenvalue weighted by Crippen LogP contribution is -2.17. The van der Waals surface area contributed by atoms with Gasteiger partial charge in [-0.3, -0.25) is 4.79 Å². The maximum absolute atomic E-state index is 13.7. The van der Waals surface area contributed by atoms with Gasteiger partial charge in [-0.25, -0.2) is 9.18 Å². The molecule has 0 fully saturated rings. The molecule has 0 spiro atoms. The normalized spacial score (nSPS) is 10.3. The Labute approximate surface area is 160 Å². The van der Waals surface area contributed by atoms with Crippen LogP contribution in [0.25, 0.3) is 5.82 Å². The van der Waals surface area contributed by atoms with Crippen molar-refractivity contribution in [2.24, 2.45) is 0 Å². The first kappa shape index (κ1) is 18.2. The second-order valence-electron chi connectivity index (χ2n) is 5.27. The second kappa shape index (κ2) is 7.35. The monoisotopic (exact) mass is 429 g/mol. The third-order valence-corrected chi connectivity index (χ3v) is 4.12. The van der Waals surface area contributed by atoms with Gasteiger partial charge >= 0.3 is 5.97 Å². The molecule has 0 radical (unpaired) electrons. The van der Waals surface area contributed by atoms with Crippen LogP contribution in [0.3, 0.4) is 0 Å². The third-order valence-electron chi connectivity index (χ3n) is 3.51. The number of hydrogen-bond acceptors (Lipinski definition) is 5. The number of nitrogens with zero attached hydrogens (tertiary/aromatic N) is 4. The van der Waals surface area contributed by atoms with Crippen molar-refractivity contribution in [3.8, 4) is 11.9 Å². The van der Waals surface area contributed by atoms with Gasteiger partial charge in [-0.1, -0.05) is 0 Å². The Bertz CT molecular complexity index is 1090. The van der Waals surface area contributed by atoms with Gasteiger partial charge in [0.05, 0.1) is 21.3 Å². The number of nitrogens with one attached hydrogen (secondary N) is 1. The van der Waals surface area contributed by atoms with Crippen LogP contribution in [0.4, 0.5) is 10.1 Å². The Kier molecular flexibility index (Phi) is 4.96. The van der Waals surface area contributed by atoms with E-state index in [1.54, 1.807) is 23.0 Å². The minimum Gasteiger partial charge on any atom is -0.478 e. The summed E-state index contributed by atoms with van der Waals surface area (Å²) in [6.45, 7) is 0. The van der Waals surface area contributed by atoms with Gasteiger partial charge in [-0.05, 0) is 46.3 Å². The van der Waals surface area contributed by atoms with Crippen molar-refractivity contribution in [1.29, 1.82) is 5.26 Å². The first-order valence-electron chi connectivity index (χ1n) is 7.35. The van der Waals surface area contributed by atoms with Crippen LogP contribution in [0.2, 0.25) is 0 Å². The summed E-state index contributed by atoms with van der Waals surface area (Å²) in [5.41, 5.74) is -0.135. The summed E-state index contributed by atoms with van der Waals surface area (Å²) < 4.78 is 15.2. The highest BCUT2D eigenvalue weighted by Gasteiger charge is 2.18. The van der Waals surface area contributed by atoms with Crippen molar-refractivity contribution >= 4 is 33.5 Å². The molecular formula is C17H9BrFN5O3.